The molecular formula is C19H21Cl2FN4O2. The molecule has 9 heteroatoms. The van der Waals surface area contributed by atoms with E-state index >= 15 is 0 Å². The predicted molar refractivity (Wildman–Crippen MR) is 109 cm³/mol. The highest BCUT2D eigenvalue weighted by Crippen LogP contribution is 2.16. The minimum absolute atomic E-state index is 0.0224. The van der Waals surface area contributed by atoms with Crippen LogP contribution in [-0.2, 0) is 16.1 Å². The second-order valence-corrected chi connectivity index (χ2v) is 6.98. The number of hydrogen-bond acceptors (Lipinski definition) is 6. The van der Waals surface area contributed by atoms with Crippen LogP contribution in [0.15, 0.2) is 40.8 Å². The minimum Gasteiger partial charge on any atom is -0.399 e. The lowest BCUT2D eigenvalue weighted by molar-refractivity contribution is 0.141. The summed E-state index contributed by atoms with van der Waals surface area (Å²) in [6, 6.07) is 6.86. The maximum Gasteiger partial charge on any atom is 0.152 e. The summed E-state index contributed by atoms with van der Waals surface area (Å²) in [5.74, 6) is -0.601. The summed E-state index contributed by atoms with van der Waals surface area (Å²) in [6.45, 7) is 3.81. The number of hydrogen-bond donors (Lipinski definition) is 0. The van der Waals surface area contributed by atoms with Gasteiger partial charge in [0.2, 0.25) is 0 Å². The normalized spacial score (nSPS) is 13.4. The van der Waals surface area contributed by atoms with Crippen molar-refractivity contribution in [3.63, 3.8) is 0 Å². The van der Waals surface area contributed by atoms with E-state index in [0.717, 1.165) is 17.5 Å². The van der Waals surface area contributed by atoms with Crippen molar-refractivity contribution in [1.29, 1.82) is 0 Å². The molecule has 0 saturated heterocycles. The lowest BCUT2D eigenvalue weighted by Gasteiger charge is -2.09. The molecule has 0 saturated carbocycles. The molecule has 2 heterocycles. The molecule has 0 aliphatic rings. The fourth-order valence-electron chi connectivity index (χ4n) is 2.34. The Morgan fingerprint density at radius 2 is 2.11 bits per heavy atom. The number of pyridine rings is 2. The van der Waals surface area contributed by atoms with Crippen LogP contribution >= 0.6 is 23.2 Å². The number of rotatable bonds is 9. The zero-order valence-corrected chi connectivity index (χ0v) is 17.3. The summed E-state index contributed by atoms with van der Waals surface area (Å²) in [5, 5.41) is 7.46. The van der Waals surface area contributed by atoms with E-state index in [1.165, 1.54) is 13.3 Å². The third kappa shape index (κ3) is 6.42. The van der Waals surface area contributed by atoms with Crippen LogP contribution in [0.5, 0.6) is 0 Å². The Morgan fingerprint density at radius 3 is 2.79 bits per heavy atom. The van der Waals surface area contributed by atoms with Gasteiger partial charge in [-0.2, -0.15) is 0 Å². The first-order chi connectivity index (χ1) is 13.4. The summed E-state index contributed by atoms with van der Waals surface area (Å²) >= 11 is 11.8. The van der Waals surface area contributed by atoms with Crippen molar-refractivity contribution in [2.75, 3.05) is 13.7 Å². The van der Waals surface area contributed by atoms with E-state index in [-0.39, 0.29) is 16.4 Å². The molecule has 2 rings (SSSR count). The Bertz CT molecular complexity index is 860. The van der Waals surface area contributed by atoms with Gasteiger partial charge in [-0.3, -0.25) is 9.97 Å². The molecule has 6 nitrogen and oxygen atoms in total. The molecule has 0 aliphatic carbocycles. The van der Waals surface area contributed by atoms with Gasteiger partial charge in [-0.15, -0.1) is 11.6 Å². The first kappa shape index (κ1) is 22.0. The van der Waals surface area contributed by atoms with Crippen LogP contribution < -0.4 is 0 Å². The van der Waals surface area contributed by atoms with Gasteiger partial charge in [0, 0.05) is 11.9 Å². The monoisotopic (exact) mass is 426 g/mol. The van der Waals surface area contributed by atoms with Crippen molar-refractivity contribution in [2.24, 2.45) is 10.3 Å². The van der Waals surface area contributed by atoms with Crippen molar-refractivity contribution < 1.29 is 14.1 Å². The average Bonchev–Trinajstić information content (AvgIpc) is 2.65. The van der Waals surface area contributed by atoms with Gasteiger partial charge in [-0.1, -0.05) is 28.0 Å². The second kappa shape index (κ2) is 10.9. The van der Waals surface area contributed by atoms with Crippen molar-refractivity contribution in [3.8, 4) is 0 Å². The number of halogens is 3. The van der Waals surface area contributed by atoms with E-state index in [1.54, 1.807) is 6.92 Å². The van der Waals surface area contributed by atoms with Crippen LogP contribution in [0.2, 0.25) is 5.02 Å². The highest BCUT2D eigenvalue weighted by Gasteiger charge is 2.18. The molecule has 0 aliphatic heterocycles. The third-order valence-electron chi connectivity index (χ3n) is 3.66. The summed E-state index contributed by atoms with van der Waals surface area (Å²) < 4.78 is 14.0. The van der Waals surface area contributed by atoms with Gasteiger partial charge < -0.3 is 9.68 Å². The molecule has 150 valence electrons. The van der Waals surface area contributed by atoms with Crippen LogP contribution in [0, 0.1) is 5.82 Å². The molecule has 1 atom stereocenters. The molecule has 0 N–H and O–H groups in total. The maximum absolute atomic E-state index is 14.0. The predicted octanol–water partition coefficient (Wildman–Crippen LogP) is 4.62. The molecule has 0 amide bonds. The number of aryl methyl sites for hydroxylation is 1. The van der Waals surface area contributed by atoms with E-state index in [9.17, 15) is 4.39 Å². The molecular weight excluding hydrogens is 406 g/mol. The van der Waals surface area contributed by atoms with Crippen molar-refractivity contribution >= 4 is 34.6 Å². The van der Waals surface area contributed by atoms with Gasteiger partial charge >= 0.3 is 0 Å². The molecule has 2 aromatic heterocycles. The highest BCUT2D eigenvalue weighted by molar-refractivity contribution is 6.34. The van der Waals surface area contributed by atoms with Crippen LogP contribution in [0.3, 0.4) is 0 Å². The number of alkyl halides is 1. The Morgan fingerprint density at radius 1 is 1.32 bits per heavy atom. The van der Waals surface area contributed by atoms with E-state index < -0.39 is 11.2 Å². The largest absolute Gasteiger partial charge is 0.399 e. The van der Waals surface area contributed by atoms with E-state index in [2.05, 4.69) is 20.3 Å². The Kier molecular flexibility index (Phi) is 8.60. The van der Waals surface area contributed by atoms with Gasteiger partial charge in [0.1, 0.15) is 30.8 Å². The maximum atomic E-state index is 14.0. The number of oxime groups is 2. The summed E-state index contributed by atoms with van der Waals surface area (Å²) in [7, 11) is 1.49. The van der Waals surface area contributed by atoms with Gasteiger partial charge in [0.15, 0.2) is 5.82 Å². The topological polar surface area (TPSA) is 69.0 Å². The smallest absolute Gasteiger partial charge is 0.152 e. The lowest BCUT2D eigenvalue weighted by Crippen LogP contribution is -2.17. The average molecular weight is 427 g/mol. The van der Waals surface area contributed by atoms with Gasteiger partial charge in [-0.25, -0.2) is 4.39 Å². The quantitative estimate of drug-likeness (QED) is 0.254. The SMILES string of the molecule is CO/N=C(\C)c1cccc(CCCO/N=C(/c2ncc(Cl)cc2F)C(C)Cl)n1. The Balaban J connectivity index is 1.95. The second-order valence-electron chi connectivity index (χ2n) is 5.89. The molecule has 1 unspecified atom stereocenters. The van der Waals surface area contributed by atoms with Crippen LogP contribution in [0.25, 0.3) is 0 Å². The molecule has 28 heavy (non-hydrogen) atoms. The number of nitrogens with zero attached hydrogens (tertiary/aromatic N) is 4. The van der Waals surface area contributed by atoms with Crippen LogP contribution in [0.4, 0.5) is 4.39 Å². The van der Waals surface area contributed by atoms with Crippen molar-refractivity contribution in [3.05, 3.63) is 58.4 Å². The van der Waals surface area contributed by atoms with Crippen molar-refractivity contribution in [1.82, 2.24) is 9.97 Å². The molecule has 0 fully saturated rings. The molecule has 0 bridgehead atoms. The van der Waals surface area contributed by atoms with Crippen LogP contribution in [-0.4, -0.2) is 40.5 Å². The number of aromatic nitrogens is 2. The first-order valence-electron chi connectivity index (χ1n) is 8.61. The van der Waals surface area contributed by atoms with Gasteiger partial charge in [0.25, 0.3) is 0 Å². The van der Waals surface area contributed by atoms with E-state index in [1.807, 2.05) is 25.1 Å². The third-order valence-corrected chi connectivity index (χ3v) is 4.08. The first-order valence-corrected chi connectivity index (χ1v) is 9.43. The molecule has 2 aromatic rings. The van der Waals surface area contributed by atoms with Crippen LogP contribution in [0.1, 0.15) is 37.4 Å². The molecule has 0 aromatic carbocycles. The fourth-order valence-corrected chi connectivity index (χ4v) is 2.63. The lowest BCUT2D eigenvalue weighted by atomic mass is 10.2. The van der Waals surface area contributed by atoms with E-state index in [0.29, 0.717) is 25.2 Å². The van der Waals surface area contributed by atoms with Crippen molar-refractivity contribution in [2.45, 2.75) is 32.1 Å². The van der Waals surface area contributed by atoms with Gasteiger partial charge in [0.05, 0.1) is 16.1 Å². The summed E-state index contributed by atoms with van der Waals surface area (Å²) in [6.07, 6.45) is 2.69. The Hall–Kier alpha value is -2.25. The van der Waals surface area contributed by atoms with E-state index in [4.69, 9.17) is 32.9 Å². The zero-order chi connectivity index (χ0) is 20.5. The zero-order valence-electron chi connectivity index (χ0n) is 15.8. The van der Waals surface area contributed by atoms with Gasteiger partial charge in [-0.05, 0) is 44.9 Å². The summed E-state index contributed by atoms with van der Waals surface area (Å²) in [5.41, 5.74) is 2.58. The molecule has 0 radical (unpaired) electrons. The Labute approximate surface area is 173 Å². The summed E-state index contributed by atoms with van der Waals surface area (Å²) in [4.78, 5) is 18.6. The standard InChI is InChI=1S/C19H21Cl2FN4O2/c1-12(20)18(19-16(22)10-14(21)11-23-19)26-28-9-5-7-15-6-4-8-17(24-15)13(2)25-27-3/h4,6,8,10-12H,5,7,9H2,1-3H3/b25-13+,26-18+. The fraction of sp³-hybridized carbons (Fsp3) is 0.368. The highest BCUT2D eigenvalue weighted by atomic mass is 35.5. The molecule has 0 spiro atoms. The minimum atomic E-state index is -0.601.